The van der Waals surface area contributed by atoms with Crippen LogP contribution in [0, 0.1) is 0 Å². The Morgan fingerprint density at radius 3 is 2.70 bits per heavy atom. The standard InChI is InChI=1S/C17H24N2O/c1-2-6-11-19(10-5-1)12-9-18-13-15-14-20-17-8-4-3-7-16(15)17/h3-4,7-8,14,18H,1-2,5-6,9-13H2. The Morgan fingerprint density at radius 2 is 1.85 bits per heavy atom. The molecule has 0 amide bonds. The Balaban J connectivity index is 1.45. The summed E-state index contributed by atoms with van der Waals surface area (Å²) in [5, 5.41) is 4.78. The summed E-state index contributed by atoms with van der Waals surface area (Å²) >= 11 is 0. The van der Waals surface area contributed by atoms with Crippen LogP contribution in [0.5, 0.6) is 0 Å². The Kier molecular flexibility index (Phi) is 4.72. The summed E-state index contributed by atoms with van der Waals surface area (Å²) in [5.74, 6) is 0. The van der Waals surface area contributed by atoms with Gasteiger partial charge in [-0.2, -0.15) is 0 Å². The molecule has 3 nitrogen and oxygen atoms in total. The minimum atomic E-state index is 0.894. The van der Waals surface area contributed by atoms with E-state index < -0.39 is 0 Å². The molecular weight excluding hydrogens is 248 g/mol. The van der Waals surface area contributed by atoms with Crippen molar-refractivity contribution in [1.29, 1.82) is 0 Å². The van der Waals surface area contributed by atoms with Crippen LogP contribution in [0.15, 0.2) is 34.9 Å². The molecule has 1 N–H and O–H groups in total. The Bertz CT molecular complexity index is 527. The summed E-state index contributed by atoms with van der Waals surface area (Å²) < 4.78 is 5.56. The fourth-order valence-electron chi connectivity index (χ4n) is 2.99. The second-order valence-corrected chi connectivity index (χ2v) is 5.69. The summed E-state index contributed by atoms with van der Waals surface area (Å²) in [6.45, 7) is 5.66. The van der Waals surface area contributed by atoms with E-state index in [1.54, 1.807) is 0 Å². The molecule has 0 aliphatic carbocycles. The lowest BCUT2D eigenvalue weighted by Crippen LogP contribution is -2.32. The molecule has 1 saturated heterocycles. The van der Waals surface area contributed by atoms with Gasteiger partial charge in [0, 0.05) is 30.6 Å². The lowest BCUT2D eigenvalue weighted by molar-refractivity contribution is 0.284. The van der Waals surface area contributed by atoms with Gasteiger partial charge in [-0.15, -0.1) is 0 Å². The van der Waals surface area contributed by atoms with E-state index in [1.807, 2.05) is 18.4 Å². The predicted octanol–water partition coefficient (Wildman–Crippen LogP) is 3.40. The number of hydrogen-bond acceptors (Lipinski definition) is 3. The van der Waals surface area contributed by atoms with E-state index in [9.17, 15) is 0 Å². The van der Waals surface area contributed by atoms with E-state index in [1.165, 1.54) is 49.7 Å². The molecule has 2 heterocycles. The summed E-state index contributed by atoms with van der Waals surface area (Å²) in [6, 6.07) is 8.24. The third-order valence-electron chi connectivity index (χ3n) is 4.18. The first-order valence-electron chi connectivity index (χ1n) is 7.82. The fraction of sp³-hybridized carbons (Fsp3) is 0.529. The molecule has 108 valence electrons. The highest BCUT2D eigenvalue weighted by molar-refractivity contribution is 5.80. The van der Waals surface area contributed by atoms with Gasteiger partial charge in [-0.25, -0.2) is 0 Å². The molecule has 2 aromatic rings. The van der Waals surface area contributed by atoms with Crippen molar-refractivity contribution in [2.45, 2.75) is 32.2 Å². The topological polar surface area (TPSA) is 28.4 Å². The Labute approximate surface area is 120 Å². The first-order chi connectivity index (χ1) is 9.93. The molecule has 20 heavy (non-hydrogen) atoms. The smallest absolute Gasteiger partial charge is 0.134 e. The van der Waals surface area contributed by atoms with Crippen LogP contribution in [0.3, 0.4) is 0 Å². The fourth-order valence-corrected chi connectivity index (χ4v) is 2.99. The highest BCUT2D eigenvalue weighted by Gasteiger charge is 2.08. The van der Waals surface area contributed by atoms with Crippen molar-refractivity contribution >= 4 is 11.0 Å². The van der Waals surface area contributed by atoms with Crippen molar-refractivity contribution < 1.29 is 4.42 Å². The molecule has 1 fully saturated rings. The third kappa shape index (κ3) is 3.41. The van der Waals surface area contributed by atoms with Crippen LogP contribution in [0.4, 0.5) is 0 Å². The average molecular weight is 272 g/mol. The van der Waals surface area contributed by atoms with Crippen LogP contribution in [0.2, 0.25) is 0 Å². The van der Waals surface area contributed by atoms with Gasteiger partial charge in [-0.3, -0.25) is 0 Å². The van der Waals surface area contributed by atoms with Gasteiger partial charge >= 0.3 is 0 Å². The van der Waals surface area contributed by atoms with Crippen LogP contribution in [-0.4, -0.2) is 31.1 Å². The van der Waals surface area contributed by atoms with Gasteiger partial charge < -0.3 is 14.6 Å². The number of benzene rings is 1. The zero-order valence-electron chi connectivity index (χ0n) is 12.1. The van der Waals surface area contributed by atoms with Gasteiger partial charge in [0.1, 0.15) is 5.58 Å². The maximum atomic E-state index is 5.56. The number of hydrogen-bond donors (Lipinski definition) is 1. The van der Waals surface area contributed by atoms with Crippen LogP contribution in [0.25, 0.3) is 11.0 Å². The van der Waals surface area contributed by atoms with Gasteiger partial charge in [0.05, 0.1) is 6.26 Å². The second-order valence-electron chi connectivity index (χ2n) is 5.69. The predicted molar refractivity (Wildman–Crippen MR) is 82.8 cm³/mol. The van der Waals surface area contributed by atoms with Crippen molar-refractivity contribution in [3.63, 3.8) is 0 Å². The van der Waals surface area contributed by atoms with E-state index in [4.69, 9.17) is 4.42 Å². The number of furan rings is 1. The van der Waals surface area contributed by atoms with E-state index in [2.05, 4.69) is 22.3 Å². The van der Waals surface area contributed by atoms with Crippen molar-refractivity contribution in [3.05, 3.63) is 36.1 Å². The number of nitrogens with one attached hydrogen (secondary N) is 1. The van der Waals surface area contributed by atoms with E-state index in [0.717, 1.165) is 25.2 Å². The first kappa shape index (κ1) is 13.7. The van der Waals surface area contributed by atoms with Crippen molar-refractivity contribution in [2.24, 2.45) is 0 Å². The SMILES string of the molecule is c1ccc2c(CNCCN3CCCCCC3)coc2c1. The molecular formula is C17H24N2O. The summed E-state index contributed by atoms with van der Waals surface area (Å²) in [7, 11) is 0. The van der Waals surface area contributed by atoms with E-state index >= 15 is 0 Å². The van der Waals surface area contributed by atoms with Crippen molar-refractivity contribution in [1.82, 2.24) is 10.2 Å². The number of para-hydroxylation sites is 1. The zero-order valence-corrected chi connectivity index (χ0v) is 12.1. The lowest BCUT2D eigenvalue weighted by Gasteiger charge is -2.19. The molecule has 0 radical (unpaired) electrons. The molecule has 0 bridgehead atoms. The quantitative estimate of drug-likeness (QED) is 0.846. The lowest BCUT2D eigenvalue weighted by atomic mass is 10.2. The van der Waals surface area contributed by atoms with Gasteiger partial charge in [-0.05, 0) is 32.0 Å². The third-order valence-corrected chi connectivity index (χ3v) is 4.18. The highest BCUT2D eigenvalue weighted by Crippen LogP contribution is 2.20. The number of nitrogens with zero attached hydrogens (tertiary/aromatic N) is 1. The van der Waals surface area contributed by atoms with Gasteiger partial charge in [-0.1, -0.05) is 31.0 Å². The molecule has 1 aromatic heterocycles. The summed E-state index contributed by atoms with van der Waals surface area (Å²) in [4.78, 5) is 2.59. The number of likely N-dealkylation sites (tertiary alicyclic amines) is 1. The molecule has 0 atom stereocenters. The average Bonchev–Trinajstić information content (AvgIpc) is 2.71. The van der Waals surface area contributed by atoms with E-state index in [0.29, 0.717) is 0 Å². The maximum Gasteiger partial charge on any atom is 0.134 e. The Hall–Kier alpha value is -1.32. The van der Waals surface area contributed by atoms with Gasteiger partial charge in [0.15, 0.2) is 0 Å². The minimum Gasteiger partial charge on any atom is -0.464 e. The summed E-state index contributed by atoms with van der Waals surface area (Å²) in [5.41, 5.74) is 2.24. The van der Waals surface area contributed by atoms with Crippen molar-refractivity contribution in [2.75, 3.05) is 26.2 Å². The first-order valence-corrected chi connectivity index (χ1v) is 7.82. The zero-order chi connectivity index (χ0) is 13.6. The number of rotatable bonds is 5. The van der Waals surface area contributed by atoms with Gasteiger partial charge in [0.25, 0.3) is 0 Å². The minimum absolute atomic E-state index is 0.894. The van der Waals surface area contributed by atoms with Crippen LogP contribution < -0.4 is 5.32 Å². The van der Waals surface area contributed by atoms with Crippen LogP contribution in [0.1, 0.15) is 31.2 Å². The molecule has 0 spiro atoms. The van der Waals surface area contributed by atoms with Crippen LogP contribution >= 0.6 is 0 Å². The molecule has 1 aliphatic heterocycles. The normalized spacial score (nSPS) is 17.4. The Morgan fingerprint density at radius 1 is 1.05 bits per heavy atom. The second kappa shape index (κ2) is 6.91. The molecule has 1 aromatic carbocycles. The molecule has 3 heteroatoms. The van der Waals surface area contributed by atoms with Crippen LogP contribution in [-0.2, 0) is 6.54 Å². The molecule has 0 unspecified atom stereocenters. The molecule has 1 aliphatic rings. The summed E-state index contributed by atoms with van der Waals surface area (Å²) in [6.07, 6.45) is 7.43. The molecule has 3 rings (SSSR count). The van der Waals surface area contributed by atoms with Gasteiger partial charge in [0.2, 0.25) is 0 Å². The molecule has 0 saturated carbocycles. The van der Waals surface area contributed by atoms with Crippen molar-refractivity contribution in [3.8, 4) is 0 Å². The highest BCUT2D eigenvalue weighted by atomic mass is 16.3. The maximum absolute atomic E-state index is 5.56. The monoisotopic (exact) mass is 272 g/mol. The largest absolute Gasteiger partial charge is 0.464 e. The number of fused-ring (bicyclic) bond motifs is 1. The van der Waals surface area contributed by atoms with E-state index in [-0.39, 0.29) is 0 Å².